The predicted octanol–water partition coefficient (Wildman–Crippen LogP) is 3.01. The molecule has 0 aliphatic heterocycles. The molecule has 1 aromatic carbocycles. The molecule has 3 rings (SSSR count). The lowest BCUT2D eigenvalue weighted by molar-refractivity contribution is 0.466. The minimum atomic E-state index is -0.0611. The summed E-state index contributed by atoms with van der Waals surface area (Å²) in [7, 11) is 0. The van der Waals surface area contributed by atoms with Crippen molar-refractivity contribution in [1.82, 2.24) is 9.97 Å². The number of aromatic nitrogens is 2. The van der Waals surface area contributed by atoms with Gasteiger partial charge < -0.3 is 10.5 Å². The van der Waals surface area contributed by atoms with E-state index in [-0.39, 0.29) is 5.84 Å². The van der Waals surface area contributed by atoms with Crippen molar-refractivity contribution >= 4 is 16.7 Å². The molecule has 0 aliphatic rings. The number of amidine groups is 1. The summed E-state index contributed by atoms with van der Waals surface area (Å²) in [6, 6.07) is 11.2. The van der Waals surface area contributed by atoms with Crippen LogP contribution in [0, 0.1) is 12.3 Å². The Kier molecular flexibility index (Phi) is 3.23. The van der Waals surface area contributed by atoms with Gasteiger partial charge in [-0.1, -0.05) is 6.07 Å². The number of hydrogen-bond donors (Lipinski definition) is 2. The monoisotopic (exact) mass is 278 g/mol. The number of nitrogens with one attached hydrogen (secondary N) is 1. The van der Waals surface area contributed by atoms with Crippen molar-refractivity contribution in [2.45, 2.75) is 6.92 Å². The molecular formula is C16H14N4O. The second kappa shape index (κ2) is 5.20. The SMILES string of the molecule is Cc1ccnc(Oc2cccc3ncccc23)c1C(=N)N. The third-order valence-electron chi connectivity index (χ3n) is 3.21. The first-order valence-electron chi connectivity index (χ1n) is 6.48. The molecule has 0 saturated heterocycles. The first kappa shape index (κ1) is 13.1. The Hall–Kier alpha value is -2.95. The molecule has 0 unspecified atom stereocenters. The van der Waals surface area contributed by atoms with Gasteiger partial charge in [0.25, 0.3) is 0 Å². The fourth-order valence-corrected chi connectivity index (χ4v) is 2.21. The molecule has 0 amide bonds. The average molecular weight is 278 g/mol. The van der Waals surface area contributed by atoms with Crippen LogP contribution in [0.2, 0.25) is 0 Å². The van der Waals surface area contributed by atoms with Crippen LogP contribution in [0.15, 0.2) is 48.8 Å². The van der Waals surface area contributed by atoms with E-state index >= 15 is 0 Å². The van der Waals surface area contributed by atoms with Crippen LogP contribution in [0.25, 0.3) is 10.9 Å². The van der Waals surface area contributed by atoms with Gasteiger partial charge in [0.1, 0.15) is 11.6 Å². The number of rotatable bonds is 3. The van der Waals surface area contributed by atoms with E-state index in [1.54, 1.807) is 18.5 Å². The Labute approximate surface area is 121 Å². The minimum Gasteiger partial charge on any atom is -0.438 e. The summed E-state index contributed by atoms with van der Waals surface area (Å²) in [5, 5.41) is 8.58. The van der Waals surface area contributed by atoms with Crippen molar-refractivity contribution in [2.75, 3.05) is 0 Å². The molecule has 104 valence electrons. The minimum absolute atomic E-state index is 0.0611. The van der Waals surface area contributed by atoms with E-state index in [2.05, 4.69) is 9.97 Å². The number of fused-ring (bicyclic) bond motifs is 1. The van der Waals surface area contributed by atoms with E-state index < -0.39 is 0 Å². The van der Waals surface area contributed by atoms with E-state index in [1.807, 2.05) is 37.3 Å². The molecule has 3 aromatic rings. The molecular weight excluding hydrogens is 264 g/mol. The smallest absolute Gasteiger partial charge is 0.230 e. The Morgan fingerprint density at radius 3 is 2.76 bits per heavy atom. The van der Waals surface area contributed by atoms with Crippen molar-refractivity contribution in [3.05, 3.63) is 59.9 Å². The first-order valence-corrected chi connectivity index (χ1v) is 6.48. The van der Waals surface area contributed by atoms with Crippen LogP contribution in [-0.4, -0.2) is 15.8 Å². The van der Waals surface area contributed by atoms with Gasteiger partial charge in [-0.25, -0.2) is 4.98 Å². The molecule has 2 aromatic heterocycles. The Morgan fingerprint density at radius 1 is 1.10 bits per heavy atom. The maximum absolute atomic E-state index is 7.69. The Morgan fingerprint density at radius 2 is 1.95 bits per heavy atom. The molecule has 3 N–H and O–H groups in total. The predicted molar refractivity (Wildman–Crippen MR) is 81.8 cm³/mol. The Balaban J connectivity index is 2.12. The van der Waals surface area contributed by atoms with Gasteiger partial charge in [0, 0.05) is 17.8 Å². The number of nitrogen functional groups attached to an aromatic ring is 1. The zero-order valence-electron chi connectivity index (χ0n) is 11.5. The van der Waals surface area contributed by atoms with Crippen LogP contribution in [0.4, 0.5) is 0 Å². The second-order valence-corrected chi connectivity index (χ2v) is 4.65. The van der Waals surface area contributed by atoms with E-state index in [0.29, 0.717) is 17.2 Å². The molecule has 2 heterocycles. The highest BCUT2D eigenvalue weighted by Gasteiger charge is 2.13. The summed E-state index contributed by atoms with van der Waals surface area (Å²) < 4.78 is 5.89. The van der Waals surface area contributed by atoms with Gasteiger partial charge in [-0.3, -0.25) is 10.4 Å². The lowest BCUT2D eigenvalue weighted by Crippen LogP contribution is -2.14. The molecule has 0 bridgehead atoms. The molecule has 0 atom stereocenters. The van der Waals surface area contributed by atoms with E-state index in [9.17, 15) is 0 Å². The fraction of sp³-hybridized carbons (Fsp3) is 0.0625. The highest BCUT2D eigenvalue weighted by Crippen LogP contribution is 2.30. The van der Waals surface area contributed by atoms with Gasteiger partial charge in [-0.2, -0.15) is 0 Å². The van der Waals surface area contributed by atoms with Crippen LogP contribution in [0.1, 0.15) is 11.1 Å². The van der Waals surface area contributed by atoms with Crippen LogP contribution in [0.5, 0.6) is 11.6 Å². The third kappa shape index (κ3) is 2.41. The summed E-state index contributed by atoms with van der Waals surface area (Å²) in [4.78, 5) is 8.49. The van der Waals surface area contributed by atoms with E-state index in [4.69, 9.17) is 15.9 Å². The zero-order chi connectivity index (χ0) is 14.8. The number of pyridine rings is 2. The van der Waals surface area contributed by atoms with Gasteiger partial charge in [0.2, 0.25) is 5.88 Å². The summed E-state index contributed by atoms with van der Waals surface area (Å²) in [6.07, 6.45) is 3.37. The fourth-order valence-electron chi connectivity index (χ4n) is 2.21. The Bertz CT molecular complexity index is 824. The van der Waals surface area contributed by atoms with E-state index in [0.717, 1.165) is 16.5 Å². The molecule has 5 heteroatoms. The average Bonchev–Trinajstić information content (AvgIpc) is 2.47. The number of nitrogens with two attached hydrogens (primary N) is 1. The third-order valence-corrected chi connectivity index (χ3v) is 3.21. The van der Waals surface area contributed by atoms with Crippen molar-refractivity contribution in [3.63, 3.8) is 0 Å². The van der Waals surface area contributed by atoms with Crippen molar-refractivity contribution in [2.24, 2.45) is 5.73 Å². The number of aryl methyl sites for hydroxylation is 1. The summed E-state index contributed by atoms with van der Waals surface area (Å²) in [6.45, 7) is 1.87. The highest BCUT2D eigenvalue weighted by atomic mass is 16.5. The van der Waals surface area contributed by atoms with Crippen molar-refractivity contribution in [3.8, 4) is 11.6 Å². The molecule has 0 radical (unpaired) electrons. The maximum Gasteiger partial charge on any atom is 0.230 e. The first-order chi connectivity index (χ1) is 10.2. The standard InChI is InChI=1S/C16H14N4O/c1-10-7-9-20-16(14(10)15(17)18)21-13-6-2-5-12-11(13)4-3-8-19-12/h2-9H,1H3,(H3,17,18). The lowest BCUT2D eigenvalue weighted by Gasteiger charge is -2.12. The van der Waals surface area contributed by atoms with Gasteiger partial charge in [0.15, 0.2) is 0 Å². The molecule has 0 aliphatic carbocycles. The van der Waals surface area contributed by atoms with Crippen molar-refractivity contribution < 1.29 is 4.74 Å². The number of nitrogens with zero attached hydrogens (tertiary/aromatic N) is 2. The van der Waals surface area contributed by atoms with Gasteiger partial charge in [-0.15, -0.1) is 0 Å². The maximum atomic E-state index is 7.69. The quantitative estimate of drug-likeness (QED) is 0.569. The molecule has 5 nitrogen and oxygen atoms in total. The van der Waals surface area contributed by atoms with Gasteiger partial charge in [-0.05, 0) is 42.8 Å². The van der Waals surface area contributed by atoms with Crippen molar-refractivity contribution in [1.29, 1.82) is 5.41 Å². The zero-order valence-corrected chi connectivity index (χ0v) is 11.5. The summed E-state index contributed by atoms with van der Waals surface area (Å²) in [5.41, 5.74) is 7.84. The van der Waals surface area contributed by atoms with Crippen LogP contribution < -0.4 is 10.5 Å². The molecule has 0 spiro atoms. The van der Waals surface area contributed by atoms with E-state index in [1.165, 1.54) is 0 Å². The van der Waals surface area contributed by atoms with Gasteiger partial charge in [0.05, 0.1) is 11.1 Å². The summed E-state index contributed by atoms with van der Waals surface area (Å²) >= 11 is 0. The molecule has 0 fully saturated rings. The van der Waals surface area contributed by atoms with Gasteiger partial charge >= 0.3 is 0 Å². The summed E-state index contributed by atoms with van der Waals surface area (Å²) in [5.74, 6) is 0.911. The molecule has 0 saturated carbocycles. The largest absolute Gasteiger partial charge is 0.438 e. The number of benzene rings is 1. The number of ether oxygens (including phenoxy) is 1. The lowest BCUT2D eigenvalue weighted by atomic mass is 10.1. The second-order valence-electron chi connectivity index (χ2n) is 4.65. The normalized spacial score (nSPS) is 10.5. The molecule has 21 heavy (non-hydrogen) atoms. The van der Waals surface area contributed by atoms with Crippen LogP contribution >= 0.6 is 0 Å². The highest BCUT2D eigenvalue weighted by molar-refractivity contribution is 5.98. The topological polar surface area (TPSA) is 84.9 Å². The van der Waals surface area contributed by atoms with Crippen LogP contribution in [-0.2, 0) is 0 Å². The van der Waals surface area contributed by atoms with Crippen LogP contribution in [0.3, 0.4) is 0 Å². The number of hydrogen-bond acceptors (Lipinski definition) is 4.